The quantitative estimate of drug-likeness (QED) is 0.304. The molecule has 0 aliphatic carbocycles. The summed E-state index contributed by atoms with van der Waals surface area (Å²) >= 11 is 0. The number of amides is 2. The third kappa shape index (κ3) is 6.45. The summed E-state index contributed by atoms with van der Waals surface area (Å²) in [6, 6.07) is 12.0. The molecule has 0 unspecified atom stereocenters. The van der Waals surface area contributed by atoms with Gasteiger partial charge >= 0.3 is 6.09 Å². The number of piperidine rings is 1. The number of methoxy groups -OCH3 is 1. The molecule has 2 aromatic heterocycles. The molecular formula is C33H39FN8O4. The van der Waals surface area contributed by atoms with E-state index in [-0.39, 0.29) is 24.2 Å². The van der Waals surface area contributed by atoms with E-state index < -0.39 is 17.3 Å². The zero-order valence-electron chi connectivity index (χ0n) is 26.5. The standard InChI is InChI=1S/C33H39FN8O4/c1-33(2,3)46-32(44)41-17-24(18-41)40-13-11-23(12-14-40)42-30-27(29(35)37-19-38-30)28(39-42)21-7-5-20(6-8-21)16-36-31(43)25-15-22(34)9-10-26(25)45-4/h5-10,15,19,23-24H,11-14,16-18H2,1-4H3,(H,36,43)(H2,35,37,38). The van der Waals surface area contributed by atoms with Crippen LogP contribution < -0.4 is 15.8 Å². The number of anilines is 1. The van der Waals surface area contributed by atoms with Gasteiger partial charge in [0, 0.05) is 44.3 Å². The second-order valence-electron chi connectivity index (χ2n) is 12.8. The van der Waals surface area contributed by atoms with Crippen molar-refractivity contribution in [1.29, 1.82) is 0 Å². The third-order valence-electron chi connectivity index (χ3n) is 8.48. The first-order valence-electron chi connectivity index (χ1n) is 15.4. The highest BCUT2D eigenvalue weighted by atomic mass is 19.1. The number of carbonyl (C=O) groups excluding carboxylic acids is 2. The van der Waals surface area contributed by atoms with Crippen LogP contribution in [0, 0.1) is 5.82 Å². The lowest BCUT2D eigenvalue weighted by Crippen LogP contribution is -2.62. The van der Waals surface area contributed by atoms with Crippen LogP contribution in [0.2, 0.25) is 0 Å². The fourth-order valence-electron chi connectivity index (χ4n) is 6.03. The molecule has 0 bridgehead atoms. The Bertz CT molecular complexity index is 1740. The minimum absolute atomic E-state index is 0.132. The van der Waals surface area contributed by atoms with Gasteiger partial charge in [-0.3, -0.25) is 9.69 Å². The SMILES string of the molecule is COc1ccc(F)cc1C(=O)NCc1ccc(-c2nn(C3CCN(C4CN(C(=O)OC(C)(C)C)C4)CC3)c3ncnc(N)c23)cc1. The monoisotopic (exact) mass is 630 g/mol. The maximum atomic E-state index is 13.7. The van der Waals surface area contributed by atoms with E-state index in [2.05, 4.69) is 20.2 Å². The van der Waals surface area contributed by atoms with E-state index in [1.807, 2.05) is 49.7 Å². The molecule has 0 radical (unpaired) electrons. The number of nitrogens with two attached hydrogens (primary N) is 1. The zero-order chi connectivity index (χ0) is 32.6. The number of aromatic nitrogens is 4. The molecule has 0 saturated carbocycles. The Morgan fingerprint density at radius 1 is 1.04 bits per heavy atom. The van der Waals surface area contributed by atoms with Crippen LogP contribution in [0.1, 0.15) is 55.6 Å². The number of hydrogen-bond donors (Lipinski definition) is 2. The Hall–Kier alpha value is -4.78. The fraction of sp³-hybridized carbons (Fsp3) is 0.424. The minimum Gasteiger partial charge on any atom is -0.496 e. The predicted molar refractivity (Wildman–Crippen MR) is 171 cm³/mol. The van der Waals surface area contributed by atoms with Crippen molar-refractivity contribution < 1.29 is 23.5 Å². The number of nitrogens with one attached hydrogen (secondary N) is 1. The van der Waals surface area contributed by atoms with Crippen LogP contribution in [0.25, 0.3) is 22.3 Å². The summed E-state index contributed by atoms with van der Waals surface area (Å²) in [5.74, 6) is -0.282. The maximum absolute atomic E-state index is 13.7. The highest BCUT2D eigenvalue weighted by Crippen LogP contribution is 2.35. The van der Waals surface area contributed by atoms with Crippen LogP contribution in [0.3, 0.4) is 0 Å². The van der Waals surface area contributed by atoms with Crippen LogP contribution in [0.4, 0.5) is 15.0 Å². The van der Waals surface area contributed by atoms with Crippen molar-refractivity contribution in [3.05, 3.63) is 65.7 Å². The number of ether oxygens (including phenoxy) is 2. The number of rotatable bonds is 7. The molecule has 0 atom stereocenters. The van der Waals surface area contributed by atoms with E-state index in [1.165, 1.54) is 25.6 Å². The van der Waals surface area contributed by atoms with E-state index in [0.29, 0.717) is 47.4 Å². The van der Waals surface area contributed by atoms with Gasteiger partial charge in [0.1, 0.15) is 35.0 Å². The zero-order valence-corrected chi connectivity index (χ0v) is 26.5. The average Bonchev–Trinajstić information content (AvgIpc) is 3.40. The van der Waals surface area contributed by atoms with Crippen LogP contribution >= 0.6 is 0 Å². The lowest BCUT2D eigenvalue weighted by atomic mass is 10.00. The number of nitrogens with zero attached hydrogens (tertiary/aromatic N) is 6. The first-order valence-corrected chi connectivity index (χ1v) is 15.4. The summed E-state index contributed by atoms with van der Waals surface area (Å²) in [7, 11) is 1.44. The molecule has 2 saturated heterocycles. The second-order valence-corrected chi connectivity index (χ2v) is 12.8. The highest BCUT2D eigenvalue weighted by Gasteiger charge is 2.39. The molecule has 3 N–H and O–H groups in total. The van der Waals surface area contributed by atoms with Crippen LogP contribution in [-0.4, -0.2) is 86.5 Å². The highest BCUT2D eigenvalue weighted by molar-refractivity contribution is 5.98. The van der Waals surface area contributed by atoms with Gasteiger partial charge in [0.15, 0.2) is 5.65 Å². The Morgan fingerprint density at radius 3 is 2.43 bits per heavy atom. The van der Waals surface area contributed by atoms with Gasteiger partial charge < -0.3 is 25.4 Å². The smallest absolute Gasteiger partial charge is 0.410 e. The summed E-state index contributed by atoms with van der Waals surface area (Å²) in [6.07, 6.45) is 2.98. The van der Waals surface area contributed by atoms with Crippen molar-refractivity contribution in [3.63, 3.8) is 0 Å². The minimum atomic E-state index is -0.513. The molecule has 4 aromatic rings. The number of fused-ring (bicyclic) bond motifs is 1. The normalized spacial score (nSPS) is 16.3. The van der Waals surface area contributed by atoms with Crippen molar-refractivity contribution in [1.82, 2.24) is 34.9 Å². The molecule has 12 nitrogen and oxygen atoms in total. The van der Waals surface area contributed by atoms with Gasteiger partial charge in [-0.2, -0.15) is 5.10 Å². The van der Waals surface area contributed by atoms with Gasteiger partial charge in [-0.05, 0) is 57.4 Å². The van der Waals surface area contributed by atoms with E-state index in [1.54, 1.807) is 4.90 Å². The third-order valence-corrected chi connectivity index (χ3v) is 8.48. The van der Waals surface area contributed by atoms with Crippen molar-refractivity contribution >= 4 is 28.9 Å². The topological polar surface area (TPSA) is 141 Å². The van der Waals surface area contributed by atoms with Gasteiger partial charge in [0.25, 0.3) is 5.91 Å². The molecule has 2 aliphatic rings. The number of hydrogen-bond acceptors (Lipinski definition) is 9. The van der Waals surface area contributed by atoms with E-state index in [4.69, 9.17) is 20.3 Å². The van der Waals surface area contributed by atoms with Gasteiger partial charge in [-0.15, -0.1) is 0 Å². The van der Waals surface area contributed by atoms with E-state index in [0.717, 1.165) is 43.1 Å². The molecule has 4 heterocycles. The molecule has 13 heteroatoms. The summed E-state index contributed by atoms with van der Waals surface area (Å²) in [4.78, 5) is 38.1. The van der Waals surface area contributed by atoms with Crippen LogP contribution in [0.15, 0.2) is 48.8 Å². The van der Waals surface area contributed by atoms with Crippen molar-refractivity contribution in [2.75, 3.05) is 39.0 Å². The summed E-state index contributed by atoms with van der Waals surface area (Å²) in [5, 5.41) is 8.54. The number of halogens is 1. The first-order chi connectivity index (χ1) is 22.0. The summed E-state index contributed by atoms with van der Waals surface area (Å²) < 4.78 is 26.4. The molecular weight excluding hydrogens is 591 g/mol. The summed E-state index contributed by atoms with van der Waals surface area (Å²) in [6.45, 7) is 9.00. The molecule has 46 heavy (non-hydrogen) atoms. The molecule has 242 valence electrons. The molecule has 0 spiro atoms. The molecule has 6 rings (SSSR count). The summed E-state index contributed by atoms with van der Waals surface area (Å²) in [5.41, 5.74) is 9.09. The van der Waals surface area contributed by atoms with Crippen molar-refractivity contribution in [2.45, 2.75) is 57.8 Å². The Morgan fingerprint density at radius 2 is 1.76 bits per heavy atom. The Labute approximate surface area is 266 Å². The lowest BCUT2D eigenvalue weighted by Gasteiger charge is -2.47. The van der Waals surface area contributed by atoms with E-state index >= 15 is 0 Å². The van der Waals surface area contributed by atoms with E-state index in [9.17, 15) is 14.0 Å². The number of benzene rings is 2. The molecule has 2 aliphatic heterocycles. The first kappa shape index (κ1) is 31.2. The maximum Gasteiger partial charge on any atom is 0.410 e. The van der Waals surface area contributed by atoms with Crippen LogP contribution in [-0.2, 0) is 11.3 Å². The molecule has 2 amide bonds. The van der Waals surface area contributed by atoms with Gasteiger partial charge in [-0.1, -0.05) is 24.3 Å². The number of nitrogen functional groups attached to an aromatic ring is 1. The second kappa shape index (κ2) is 12.5. The average molecular weight is 631 g/mol. The van der Waals surface area contributed by atoms with Gasteiger partial charge in [0.05, 0.1) is 24.1 Å². The lowest BCUT2D eigenvalue weighted by molar-refractivity contribution is -0.0213. The Balaban J connectivity index is 1.12. The molecule has 2 fully saturated rings. The van der Waals surface area contributed by atoms with Gasteiger partial charge in [0.2, 0.25) is 0 Å². The van der Waals surface area contributed by atoms with Crippen molar-refractivity contribution in [3.8, 4) is 17.0 Å². The van der Waals surface area contributed by atoms with Crippen LogP contribution in [0.5, 0.6) is 5.75 Å². The van der Waals surface area contributed by atoms with Crippen molar-refractivity contribution in [2.24, 2.45) is 0 Å². The molecule has 2 aromatic carbocycles. The Kier molecular flexibility index (Phi) is 8.51. The fourth-order valence-corrected chi connectivity index (χ4v) is 6.03. The predicted octanol–water partition coefficient (Wildman–Crippen LogP) is 4.41. The largest absolute Gasteiger partial charge is 0.496 e. The number of likely N-dealkylation sites (tertiary alicyclic amines) is 2. The van der Waals surface area contributed by atoms with Gasteiger partial charge in [-0.25, -0.2) is 23.8 Å². The number of carbonyl (C=O) groups is 2.